The molecule has 1 aromatic heterocycles. The maximum Gasteiger partial charge on any atom is 0.302 e. The minimum atomic E-state index is -0.337. The molecule has 0 aliphatic rings. The molecule has 2 aromatic rings. The summed E-state index contributed by atoms with van der Waals surface area (Å²) < 4.78 is 4.86. The van der Waals surface area contributed by atoms with Gasteiger partial charge in [-0.3, -0.25) is 9.79 Å². The van der Waals surface area contributed by atoms with Crippen molar-refractivity contribution >= 4 is 29.9 Å². The van der Waals surface area contributed by atoms with Gasteiger partial charge in [0, 0.05) is 31.9 Å². The number of carbonyl (C=O) groups is 1. The van der Waals surface area contributed by atoms with Crippen LogP contribution in [0.1, 0.15) is 18.2 Å². The Morgan fingerprint density at radius 3 is 2.78 bits per heavy atom. The number of rotatable bonds is 6. The summed E-state index contributed by atoms with van der Waals surface area (Å²) in [4.78, 5) is 23.6. The highest BCUT2D eigenvalue weighted by atomic mass is 16.5. The summed E-state index contributed by atoms with van der Waals surface area (Å²) in [6.07, 6.45) is 5.08. The molecule has 0 saturated carbocycles. The van der Waals surface area contributed by atoms with Gasteiger partial charge >= 0.3 is 5.97 Å². The molecule has 23 heavy (non-hydrogen) atoms. The second-order valence-corrected chi connectivity index (χ2v) is 4.56. The second kappa shape index (κ2) is 8.43. The molecular weight excluding hydrogens is 292 g/mol. The number of nitrogens with zero attached hydrogens (tertiary/aromatic N) is 3. The largest absolute Gasteiger partial charge is 0.460 e. The lowest BCUT2D eigenvalue weighted by Crippen LogP contribution is -2.01. The average Bonchev–Trinajstić information content (AvgIpc) is 2.58. The Bertz CT molecular complexity index is 712. The van der Waals surface area contributed by atoms with Crippen LogP contribution < -0.4 is 5.32 Å². The summed E-state index contributed by atoms with van der Waals surface area (Å²) in [5, 5.41) is 2.90. The number of ether oxygens (including phenoxy) is 1. The summed E-state index contributed by atoms with van der Waals surface area (Å²) in [7, 11) is 1.76. The summed E-state index contributed by atoms with van der Waals surface area (Å²) in [6.45, 7) is 1.49. The van der Waals surface area contributed by atoms with Crippen molar-refractivity contribution in [3.05, 3.63) is 53.9 Å². The normalized spacial score (nSPS) is 11.5. The highest BCUT2D eigenvalue weighted by Crippen LogP contribution is 2.18. The first-order valence-corrected chi connectivity index (χ1v) is 7.13. The van der Waals surface area contributed by atoms with E-state index in [0.717, 1.165) is 17.0 Å². The van der Waals surface area contributed by atoms with E-state index < -0.39 is 0 Å². The number of hydrogen-bond donors (Lipinski definition) is 1. The fraction of sp³-hybridized carbons (Fsp3) is 0.176. The monoisotopic (exact) mass is 310 g/mol. The first-order valence-electron chi connectivity index (χ1n) is 7.13. The van der Waals surface area contributed by atoms with E-state index in [2.05, 4.69) is 20.3 Å². The SMILES string of the molecule is CNc1nccc(C=C(N=CCOC(C)=O)c2ccccc2)n1. The van der Waals surface area contributed by atoms with Crippen molar-refractivity contribution in [2.75, 3.05) is 19.0 Å². The van der Waals surface area contributed by atoms with E-state index in [9.17, 15) is 4.79 Å². The molecule has 1 heterocycles. The Kier molecular flexibility index (Phi) is 5.99. The van der Waals surface area contributed by atoms with Gasteiger partial charge in [-0.05, 0) is 12.1 Å². The number of carbonyl (C=O) groups excluding carboxylic acids is 1. The van der Waals surface area contributed by atoms with Gasteiger partial charge in [0.15, 0.2) is 0 Å². The zero-order chi connectivity index (χ0) is 16.5. The quantitative estimate of drug-likeness (QED) is 0.655. The number of nitrogens with one attached hydrogen (secondary N) is 1. The number of esters is 1. The first kappa shape index (κ1) is 16.4. The number of anilines is 1. The van der Waals surface area contributed by atoms with E-state index in [1.165, 1.54) is 6.92 Å². The van der Waals surface area contributed by atoms with Crippen LogP contribution in [0.2, 0.25) is 0 Å². The van der Waals surface area contributed by atoms with E-state index in [1.807, 2.05) is 36.4 Å². The maximum absolute atomic E-state index is 10.8. The summed E-state index contributed by atoms with van der Waals surface area (Å²) in [5.74, 6) is 0.200. The molecule has 1 N–H and O–H groups in total. The molecule has 6 heteroatoms. The molecule has 0 aliphatic carbocycles. The molecule has 0 radical (unpaired) electrons. The van der Waals surface area contributed by atoms with Crippen molar-refractivity contribution in [3.8, 4) is 0 Å². The van der Waals surface area contributed by atoms with Gasteiger partial charge in [-0.1, -0.05) is 30.3 Å². The highest BCUT2D eigenvalue weighted by molar-refractivity contribution is 5.84. The Morgan fingerprint density at radius 1 is 1.30 bits per heavy atom. The Hall–Kier alpha value is -3.02. The van der Waals surface area contributed by atoms with E-state index in [1.54, 1.807) is 25.5 Å². The van der Waals surface area contributed by atoms with Crippen molar-refractivity contribution in [2.24, 2.45) is 4.99 Å². The van der Waals surface area contributed by atoms with Gasteiger partial charge in [0.05, 0.1) is 11.4 Å². The molecule has 118 valence electrons. The number of aliphatic imine (C=N–C) groups is 1. The molecular formula is C17H18N4O2. The van der Waals surface area contributed by atoms with Gasteiger partial charge in [-0.2, -0.15) is 0 Å². The standard InChI is InChI=1S/C17H18N4O2/c1-13(22)23-11-10-19-16(14-6-4-3-5-7-14)12-15-8-9-20-17(18-2)21-15/h3-10,12H,11H2,1-2H3,(H,18,20,21). The lowest BCUT2D eigenvalue weighted by Gasteiger charge is -2.04. The second-order valence-electron chi connectivity index (χ2n) is 4.56. The van der Waals surface area contributed by atoms with Gasteiger partial charge in [-0.25, -0.2) is 9.97 Å². The average molecular weight is 310 g/mol. The Labute approximate surface area is 135 Å². The van der Waals surface area contributed by atoms with Gasteiger partial charge in [-0.15, -0.1) is 0 Å². The van der Waals surface area contributed by atoms with Crippen LogP contribution in [0, 0.1) is 0 Å². The van der Waals surface area contributed by atoms with Gasteiger partial charge in [0.2, 0.25) is 5.95 Å². The molecule has 0 saturated heterocycles. The molecule has 0 aliphatic heterocycles. The van der Waals surface area contributed by atoms with Gasteiger partial charge < -0.3 is 10.1 Å². The zero-order valence-electron chi connectivity index (χ0n) is 13.1. The van der Waals surface area contributed by atoms with E-state index >= 15 is 0 Å². The van der Waals surface area contributed by atoms with Crippen LogP contribution in [0.5, 0.6) is 0 Å². The summed E-state index contributed by atoms with van der Waals surface area (Å²) >= 11 is 0. The van der Waals surface area contributed by atoms with Crippen molar-refractivity contribution in [3.63, 3.8) is 0 Å². The van der Waals surface area contributed by atoms with Crippen LogP contribution in [0.15, 0.2) is 47.6 Å². The third-order valence-corrected chi connectivity index (χ3v) is 2.85. The zero-order valence-corrected chi connectivity index (χ0v) is 13.1. The first-order chi connectivity index (χ1) is 11.2. The molecule has 0 spiro atoms. The predicted molar refractivity (Wildman–Crippen MR) is 91.0 cm³/mol. The Balaban J connectivity index is 2.29. The molecule has 0 fully saturated rings. The number of hydrogen-bond acceptors (Lipinski definition) is 6. The van der Waals surface area contributed by atoms with Crippen LogP contribution in [0.3, 0.4) is 0 Å². The van der Waals surface area contributed by atoms with Crippen molar-refractivity contribution in [1.82, 2.24) is 9.97 Å². The minimum absolute atomic E-state index is 0.130. The number of aromatic nitrogens is 2. The minimum Gasteiger partial charge on any atom is -0.460 e. The molecule has 0 bridgehead atoms. The van der Waals surface area contributed by atoms with Crippen LogP contribution in [-0.2, 0) is 9.53 Å². The molecule has 6 nitrogen and oxygen atoms in total. The van der Waals surface area contributed by atoms with E-state index in [-0.39, 0.29) is 12.6 Å². The van der Waals surface area contributed by atoms with Crippen molar-refractivity contribution in [2.45, 2.75) is 6.92 Å². The van der Waals surface area contributed by atoms with Crippen LogP contribution in [0.25, 0.3) is 11.8 Å². The van der Waals surface area contributed by atoms with Gasteiger partial charge in [0.1, 0.15) is 6.61 Å². The lowest BCUT2D eigenvalue weighted by atomic mass is 10.1. The summed E-state index contributed by atoms with van der Waals surface area (Å²) in [5.41, 5.74) is 2.39. The molecule has 0 amide bonds. The third-order valence-electron chi connectivity index (χ3n) is 2.85. The predicted octanol–water partition coefficient (Wildman–Crippen LogP) is 2.65. The maximum atomic E-state index is 10.8. The lowest BCUT2D eigenvalue weighted by molar-refractivity contribution is -0.139. The van der Waals surface area contributed by atoms with Crippen LogP contribution in [0.4, 0.5) is 5.95 Å². The van der Waals surface area contributed by atoms with Crippen molar-refractivity contribution in [1.29, 1.82) is 0 Å². The topological polar surface area (TPSA) is 76.5 Å². The third kappa shape index (κ3) is 5.35. The van der Waals surface area contributed by atoms with E-state index in [0.29, 0.717) is 5.95 Å². The smallest absolute Gasteiger partial charge is 0.302 e. The fourth-order valence-electron chi connectivity index (χ4n) is 1.81. The van der Waals surface area contributed by atoms with Crippen LogP contribution >= 0.6 is 0 Å². The molecule has 0 atom stereocenters. The molecule has 0 unspecified atom stereocenters. The molecule has 1 aromatic carbocycles. The number of benzene rings is 1. The van der Waals surface area contributed by atoms with Crippen molar-refractivity contribution < 1.29 is 9.53 Å². The van der Waals surface area contributed by atoms with Gasteiger partial charge in [0.25, 0.3) is 0 Å². The summed E-state index contributed by atoms with van der Waals surface area (Å²) in [6, 6.07) is 11.5. The van der Waals surface area contributed by atoms with Crippen LogP contribution in [-0.4, -0.2) is 35.8 Å². The van der Waals surface area contributed by atoms with E-state index in [4.69, 9.17) is 4.74 Å². The fourth-order valence-corrected chi connectivity index (χ4v) is 1.81. The molecule has 2 rings (SSSR count). The highest BCUT2D eigenvalue weighted by Gasteiger charge is 2.01. The Morgan fingerprint density at radius 2 is 2.09 bits per heavy atom.